The molecule has 2 aliphatic rings. The van der Waals surface area contributed by atoms with Crippen molar-refractivity contribution in [2.24, 2.45) is 5.92 Å². The molecule has 2 fully saturated rings. The largest absolute Gasteiger partial charge is 0.354 e. The molecule has 1 N–H and O–H groups in total. The van der Waals surface area contributed by atoms with Gasteiger partial charge in [0.05, 0.1) is 6.61 Å². The van der Waals surface area contributed by atoms with Gasteiger partial charge in [0.25, 0.3) is 5.91 Å². The maximum Gasteiger partial charge on any atom is 0.253 e. The van der Waals surface area contributed by atoms with E-state index in [-0.39, 0.29) is 5.91 Å². The maximum absolute atomic E-state index is 12.5. The van der Waals surface area contributed by atoms with Gasteiger partial charge in [0.2, 0.25) is 3.79 Å². The number of halogens is 4. The van der Waals surface area contributed by atoms with E-state index in [9.17, 15) is 4.79 Å². The highest BCUT2D eigenvalue weighted by atomic mass is 35.6. The number of piperidine rings is 2. The molecule has 2 aliphatic heterocycles. The van der Waals surface area contributed by atoms with Crippen LogP contribution in [0.3, 0.4) is 0 Å². The molecule has 0 bridgehead atoms. The van der Waals surface area contributed by atoms with E-state index in [1.807, 2.05) is 0 Å². The van der Waals surface area contributed by atoms with Crippen molar-refractivity contribution in [3.05, 3.63) is 34.9 Å². The number of alkyl halides is 3. The Morgan fingerprint density at radius 1 is 1.15 bits per heavy atom. The normalized spacial score (nSPS) is 24.9. The van der Waals surface area contributed by atoms with E-state index in [1.54, 1.807) is 24.3 Å². The van der Waals surface area contributed by atoms with Crippen LogP contribution in [0.2, 0.25) is 5.02 Å². The van der Waals surface area contributed by atoms with Crippen molar-refractivity contribution in [3.8, 4) is 0 Å². The molecule has 0 aliphatic carbocycles. The number of hydrogen-bond donors (Lipinski definition) is 1. The van der Waals surface area contributed by atoms with E-state index < -0.39 is 10.0 Å². The van der Waals surface area contributed by atoms with E-state index in [0.29, 0.717) is 29.2 Å². The third-order valence-electron chi connectivity index (χ3n) is 5.37. The van der Waals surface area contributed by atoms with E-state index >= 15 is 0 Å². The summed E-state index contributed by atoms with van der Waals surface area (Å²) in [5, 5.41) is 3.24. The van der Waals surface area contributed by atoms with Crippen molar-refractivity contribution in [2.75, 3.05) is 19.7 Å². The molecule has 2 saturated heterocycles. The van der Waals surface area contributed by atoms with Gasteiger partial charge in [-0.3, -0.25) is 4.79 Å². The lowest BCUT2D eigenvalue weighted by molar-refractivity contribution is -0.0325. The van der Waals surface area contributed by atoms with Gasteiger partial charge in [-0.25, -0.2) is 0 Å². The van der Waals surface area contributed by atoms with Gasteiger partial charge in [0.1, 0.15) is 0 Å². The molecule has 0 radical (unpaired) electrons. The van der Waals surface area contributed by atoms with Crippen molar-refractivity contribution in [1.82, 2.24) is 10.2 Å². The molecule has 0 spiro atoms. The van der Waals surface area contributed by atoms with Crippen LogP contribution in [0, 0.1) is 5.92 Å². The number of benzene rings is 1. The van der Waals surface area contributed by atoms with Crippen LogP contribution in [0.25, 0.3) is 0 Å². The summed E-state index contributed by atoms with van der Waals surface area (Å²) in [5.74, 6) is 0.0206. The van der Waals surface area contributed by atoms with Crippen LogP contribution < -0.4 is 5.32 Å². The first-order valence-corrected chi connectivity index (χ1v) is 10.8. The zero-order valence-electron chi connectivity index (χ0n) is 15.0. The first kappa shape index (κ1) is 21.5. The van der Waals surface area contributed by atoms with Crippen molar-refractivity contribution in [1.29, 1.82) is 0 Å². The number of ether oxygens (including phenoxy) is 1. The smallest absolute Gasteiger partial charge is 0.253 e. The van der Waals surface area contributed by atoms with Gasteiger partial charge < -0.3 is 15.0 Å². The Morgan fingerprint density at radius 3 is 2.56 bits per heavy atom. The fourth-order valence-corrected chi connectivity index (χ4v) is 4.49. The van der Waals surface area contributed by atoms with E-state index in [1.165, 1.54) is 19.3 Å². The molecule has 1 amide bonds. The van der Waals surface area contributed by atoms with E-state index in [2.05, 4.69) is 10.2 Å². The summed E-state index contributed by atoms with van der Waals surface area (Å²) in [6.45, 7) is 2.77. The van der Waals surface area contributed by atoms with Gasteiger partial charge in [-0.05, 0) is 69.0 Å². The minimum atomic E-state index is -1.76. The zero-order chi connectivity index (χ0) is 19.4. The number of carbonyl (C=O) groups excluding carboxylic acids is 1. The fourth-order valence-electron chi connectivity index (χ4n) is 4.01. The minimum absolute atomic E-state index is 0.370. The maximum atomic E-state index is 12.5. The van der Waals surface area contributed by atoms with Crippen LogP contribution in [0.4, 0.5) is 0 Å². The Bertz CT molecular complexity index is 634. The summed E-state index contributed by atoms with van der Waals surface area (Å²) in [6.07, 6.45) is 4.92. The predicted octanol–water partition coefficient (Wildman–Crippen LogP) is 5.05. The molecular weight excluding hydrogens is 430 g/mol. The lowest BCUT2D eigenvalue weighted by atomic mass is 9.84. The second-order valence-corrected chi connectivity index (χ2v) is 10.0. The molecular formula is C19H24Cl4N2O2. The minimum Gasteiger partial charge on any atom is -0.354 e. The Morgan fingerprint density at radius 2 is 1.85 bits per heavy atom. The van der Waals surface area contributed by atoms with Crippen molar-refractivity contribution in [2.45, 2.75) is 48.2 Å². The fraction of sp³-hybridized carbons (Fsp3) is 0.632. The number of amides is 1. The van der Waals surface area contributed by atoms with E-state index in [0.717, 1.165) is 25.9 Å². The molecule has 3 rings (SSSR count). The van der Waals surface area contributed by atoms with Gasteiger partial charge in [0.15, 0.2) is 6.23 Å². The molecule has 0 aromatic heterocycles. The van der Waals surface area contributed by atoms with Gasteiger partial charge >= 0.3 is 0 Å². The number of hydrogen-bond acceptors (Lipinski definition) is 3. The Labute approximate surface area is 180 Å². The van der Waals surface area contributed by atoms with Gasteiger partial charge in [-0.2, -0.15) is 0 Å². The molecule has 27 heavy (non-hydrogen) atoms. The molecule has 2 heterocycles. The average molecular weight is 454 g/mol. The lowest BCUT2D eigenvalue weighted by Gasteiger charge is -2.44. The first-order valence-electron chi connectivity index (χ1n) is 9.33. The summed E-state index contributed by atoms with van der Waals surface area (Å²) in [5.41, 5.74) is 0.429. The van der Waals surface area contributed by atoms with Crippen LogP contribution in [-0.2, 0) is 4.74 Å². The zero-order valence-corrected chi connectivity index (χ0v) is 18.0. The van der Waals surface area contributed by atoms with Crippen LogP contribution in [0.15, 0.2) is 24.3 Å². The van der Waals surface area contributed by atoms with E-state index in [4.69, 9.17) is 51.1 Å². The second kappa shape index (κ2) is 9.51. The SMILES string of the molecule is O=C(N[C@@H](OC[C@@H]1CCCN2CCCC[C@H]12)C(Cl)(Cl)Cl)c1ccc(Cl)cc1. The number of fused-ring (bicyclic) bond motifs is 1. The van der Waals surface area contributed by atoms with Crippen LogP contribution in [0.1, 0.15) is 42.5 Å². The molecule has 1 aromatic carbocycles. The Hall–Kier alpha value is -0.230. The van der Waals surface area contributed by atoms with Crippen molar-refractivity contribution >= 4 is 52.3 Å². The van der Waals surface area contributed by atoms with Crippen molar-refractivity contribution in [3.63, 3.8) is 0 Å². The van der Waals surface area contributed by atoms with Gasteiger partial charge in [0, 0.05) is 16.6 Å². The molecule has 8 heteroatoms. The molecule has 0 unspecified atom stereocenters. The number of nitrogens with zero attached hydrogens (tertiary/aromatic N) is 1. The number of nitrogens with one attached hydrogen (secondary N) is 1. The lowest BCUT2D eigenvalue weighted by Crippen LogP contribution is -2.51. The second-order valence-electron chi connectivity index (χ2n) is 7.24. The van der Waals surface area contributed by atoms with Crippen LogP contribution >= 0.6 is 46.4 Å². The third-order valence-corrected chi connectivity index (χ3v) is 6.22. The summed E-state index contributed by atoms with van der Waals surface area (Å²) in [4.78, 5) is 15.0. The molecule has 150 valence electrons. The summed E-state index contributed by atoms with van der Waals surface area (Å²) >= 11 is 24.1. The molecule has 4 nitrogen and oxygen atoms in total. The first-order chi connectivity index (χ1) is 12.8. The van der Waals surface area contributed by atoms with Crippen molar-refractivity contribution < 1.29 is 9.53 Å². The number of rotatable bonds is 5. The van der Waals surface area contributed by atoms with Gasteiger partial charge in [-0.15, -0.1) is 0 Å². The van der Waals surface area contributed by atoms with Crippen LogP contribution in [-0.4, -0.2) is 46.6 Å². The average Bonchev–Trinajstić information content (AvgIpc) is 2.64. The van der Waals surface area contributed by atoms with Gasteiger partial charge in [-0.1, -0.05) is 52.8 Å². The summed E-state index contributed by atoms with van der Waals surface area (Å²) < 4.78 is 4.17. The molecule has 0 saturated carbocycles. The number of carbonyl (C=O) groups is 1. The molecule has 3 atom stereocenters. The summed E-state index contributed by atoms with van der Waals surface area (Å²) in [7, 11) is 0. The third kappa shape index (κ3) is 5.88. The monoisotopic (exact) mass is 452 g/mol. The highest BCUT2D eigenvalue weighted by Crippen LogP contribution is 2.34. The molecule has 1 aromatic rings. The van der Waals surface area contributed by atoms with Crippen LogP contribution in [0.5, 0.6) is 0 Å². The summed E-state index contributed by atoms with van der Waals surface area (Å²) in [6, 6.07) is 7.04. The quantitative estimate of drug-likeness (QED) is 0.501. The highest BCUT2D eigenvalue weighted by molar-refractivity contribution is 6.68. The topological polar surface area (TPSA) is 41.6 Å². The standard InChI is InChI=1S/C19H24Cl4N2O2/c20-15-8-6-13(7-9-15)17(26)24-18(19(21,22)23)27-12-14-4-3-11-25-10-2-1-5-16(14)25/h6-9,14,16,18H,1-5,10-12H2,(H,24,26)/t14-,16+,18-/m0/s1. The highest BCUT2D eigenvalue weighted by Gasteiger charge is 2.38. The predicted molar refractivity (Wildman–Crippen MR) is 111 cm³/mol. The Balaban J connectivity index is 1.61. The Kier molecular flexibility index (Phi) is 7.57.